The largest absolute Gasteiger partial charge is 0.207 e. The molecule has 0 fully saturated rings. The minimum absolute atomic E-state index is 0.303. The predicted octanol–water partition coefficient (Wildman–Crippen LogP) is 4.28. The molecule has 1 aromatic rings. The Morgan fingerprint density at radius 3 is 2.85 bits per heavy atom. The van der Waals surface area contributed by atoms with Crippen molar-refractivity contribution in [1.82, 2.24) is 0 Å². The molecule has 0 bridgehead atoms. The minimum Gasteiger partial charge on any atom is -0.207 e. The van der Waals surface area contributed by atoms with E-state index in [9.17, 15) is 4.39 Å². The van der Waals surface area contributed by atoms with E-state index in [4.69, 9.17) is 11.6 Å². The van der Waals surface area contributed by atoms with Crippen LogP contribution in [0.5, 0.6) is 0 Å². The van der Waals surface area contributed by atoms with E-state index in [-0.39, 0.29) is 5.82 Å². The summed E-state index contributed by atoms with van der Waals surface area (Å²) in [6.07, 6.45) is 4.82. The summed E-state index contributed by atoms with van der Waals surface area (Å²) in [5, 5.41) is 1.37. The van der Waals surface area contributed by atoms with Gasteiger partial charge in [-0.15, -0.1) is 0 Å². The Morgan fingerprint density at radius 1 is 1.46 bits per heavy atom. The monoisotopic (exact) mass is 262 g/mol. The van der Waals surface area contributed by atoms with Gasteiger partial charge in [0.05, 0.1) is 5.02 Å². The van der Waals surface area contributed by atoms with Crippen LogP contribution in [0.2, 0.25) is 5.02 Å². The number of benzene rings is 1. The summed E-state index contributed by atoms with van der Waals surface area (Å²) in [4.78, 5) is 0. The van der Waals surface area contributed by atoms with Crippen molar-refractivity contribution < 1.29 is 4.39 Å². The normalized spacial score (nSPS) is 11.0. The second kappa shape index (κ2) is 5.40. The third-order valence-corrected chi connectivity index (χ3v) is 2.32. The van der Waals surface area contributed by atoms with Crippen LogP contribution in [0.25, 0.3) is 6.08 Å². The van der Waals surface area contributed by atoms with Crippen LogP contribution in [-0.4, -0.2) is 5.33 Å². The molecule has 0 atom stereocenters. The Labute approximate surface area is 90.5 Å². The summed E-state index contributed by atoms with van der Waals surface area (Å²) in [5.74, 6) is -0.303. The van der Waals surface area contributed by atoms with Gasteiger partial charge in [-0.1, -0.05) is 45.7 Å². The molecule has 0 saturated carbocycles. The molecular formula is C10H9BrClF. The van der Waals surface area contributed by atoms with Crippen molar-refractivity contribution in [3.8, 4) is 0 Å². The molecule has 0 radical (unpaired) electrons. The molecule has 0 heterocycles. The first-order valence-corrected chi connectivity index (χ1v) is 5.41. The quantitative estimate of drug-likeness (QED) is 0.714. The average Bonchev–Trinajstić information content (AvgIpc) is 2.09. The molecule has 3 heteroatoms. The molecule has 0 N–H and O–H groups in total. The highest BCUT2D eigenvalue weighted by atomic mass is 79.9. The Kier molecular flexibility index (Phi) is 4.46. The fourth-order valence-electron chi connectivity index (χ4n) is 0.910. The maximum Gasteiger partial charge on any atom is 0.124 e. The highest BCUT2D eigenvalue weighted by molar-refractivity contribution is 9.09. The zero-order chi connectivity index (χ0) is 9.68. The Bertz CT molecular complexity index is 310. The number of rotatable bonds is 3. The van der Waals surface area contributed by atoms with E-state index >= 15 is 0 Å². The van der Waals surface area contributed by atoms with Gasteiger partial charge in [0.2, 0.25) is 0 Å². The molecule has 0 nitrogen and oxygen atoms in total. The Hall–Kier alpha value is -0.340. The van der Waals surface area contributed by atoms with Gasteiger partial charge in [-0.25, -0.2) is 4.39 Å². The summed E-state index contributed by atoms with van der Waals surface area (Å²) in [6, 6.07) is 4.39. The number of hydrogen-bond donors (Lipinski definition) is 0. The number of hydrogen-bond acceptors (Lipinski definition) is 0. The lowest BCUT2D eigenvalue weighted by Crippen LogP contribution is -1.78. The van der Waals surface area contributed by atoms with Gasteiger partial charge in [0, 0.05) is 5.33 Å². The molecule has 0 saturated heterocycles. The smallest absolute Gasteiger partial charge is 0.124 e. The summed E-state index contributed by atoms with van der Waals surface area (Å²) in [5.41, 5.74) is 0.851. The van der Waals surface area contributed by atoms with E-state index in [1.807, 2.05) is 12.2 Å². The van der Waals surface area contributed by atoms with E-state index in [2.05, 4.69) is 15.9 Å². The van der Waals surface area contributed by atoms with Crippen LogP contribution in [0.1, 0.15) is 12.0 Å². The number of alkyl halides is 1. The summed E-state index contributed by atoms with van der Waals surface area (Å²) < 4.78 is 12.6. The summed E-state index contributed by atoms with van der Waals surface area (Å²) in [7, 11) is 0. The lowest BCUT2D eigenvalue weighted by molar-refractivity contribution is 0.628. The predicted molar refractivity (Wildman–Crippen MR) is 58.9 cm³/mol. The van der Waals surface area contributed by atoms with Gasteiger partial charge in [-0.3, -0.25) is 0 Å². The summed E-state index contributed by atoms with van der Waals surface area (Å²) >= 11 is 9.11. The molecule has 1 aromatic carbocycles. The number of allylic oxidation sites excluding steroid dienone is 1. The molecule has 1 rings (SSSR count). The fraction of sp³-hybridized carbons (Fsp3) is 0.200. The Morgan fingerprint density at radius 2 is 2.23 bits per heavy atom. The molecule has 0 aliphatic carbocycles. The molecule has 0 aliphatic heterocycles. The van der Waals surface area contributed by atoms with Crippen molar-refractivity contribution in [2.24, 2.45) is 0 Å². The van der Waals surface area contributed by atoms with Gasteiger partial charge in [-0.2, -0.15) is 0 Å². The van der Waals surface area contributed by atoms with E-state index in [0.717, 1.165) is 17.3 Å². The lowest BCUT2D eigenvalue weighted by atomic mass is 10.2. The minimum atomic E-state index is -0.303. The Balaban J connectivity index is 2.77. The van der Waals surface area contributed by atoms with E-state index in [0.29, 0.717) is 5.02 Å². The van der Waals surface area contributed by atoms with Crippen LogP contribution in [-0.2, 0) is 0 Å². The van der Waals surface area contributed by atoms with Crippen LogP contribution >= 0.6 is 27.5 Å². The van der Waals surface area contributed by atoms with Gasteiger partial charge < -0.3 is 0 Å². The lowest BCUT2D eigenvalue weighted by Gasteiger charge is -1.97. The molecule has 70 valence electrons. The third kappa shape index (κ3) is 3.49. The second-order valence-corrected chi connectivity index (χ2v) is 3.75. The first kappa shape index (κ1) is 10.7. The molecule has 0 amide bonds. The van der Waals surface area contributed by atoms with Gasteiger partial charge in [0.1, 0.15) is 5.82 Å². The van der Waals surface area contributed by atoms with Crippen molar-refractivity contribution >= 4 is 33.6 Å². The zero-order valence-electron chi connectivity index (χ0n) is 6.93. The van der Waals surface area contributed by atoms with Crippen molar-refractivity contribution in [2.75, 3.05) is 5.33 Å². The standard InChI is InChI=1S/C10H9BrClF/c11-6-2-1-3-8-4-5-9(13)7-10(8)12/h1,3-5,7H,2,6H2. The van der Waals surface area contributed by atoms with Gasteiger partial charge >= 0.3 is 0 Å². The number of halogens is 3. The summed E-state index contributed by atoms with van der Waals surface area (Å²) in [6.45, 7) is 0. The van der Waals surface area contributed by atoms with Crippen molar-refractivity contribution in [2.45, 2.75) is 6.42 Å². The van der Waals surface area contributed by atoms with Crippen molar-refractivity contribution in [1.29, 1.82) is 0 Å². The molecule has 0 aliphatic rings. The molecule has 13 heavy (non-hydrogen) atoms. The van der Waals surface area contributed by atoms with Gasteiger partial charge in [0.15, 0.2) is 0 Å². The van der Waals surface area contributed by atoms with Crippen LogP contribution in [0, 0.1) is 5.82 Å². The maximum atomic E-state index is 12.6. The third-order valence-electron chi connectivity index (χ3n) is 1.54. The second-order valence-electron chi connectivity index (χ2n) is 2.55. The van der Waals surface area contributed by atoms with Crippen LogP contribution in [0.3, 0.4) is 0 Å². The molecule has 0 aromatic heterocycles. The van der Waals surface area contributed by atoms with E-state index < -0.39 is 0 Å². The van der Waals surface area contributed by atoms with Gasteiger partial charge in [-0.05, 0) is 24.1 Å². The molecule has 0 spiro atoms. The molecular weight excluding hydrogens is 254 g/mol. The van der Waals surface area contributed by atoms with E-state index in [1.54, 1.807) is 6.07 Å². The van der Waals surface area contributed by atoms with Crippen LogP contribution in [0.15, 0.2) is 24.3 Å². The molecule has 0 unspecified atom stereocenters. The SMILES string of the molecule is Fc1ccc(C=CCCBr)c(Cl)c1. The highest BCUT2D eigenvalue weighted by Gasteiger charge is 1.97. The first-order chi connectivity index (χ1) is 6.24. The van der Waals surface area contributed by atoms with E-state index in [1.165, 1.54) is 12.1 Å². The van der Waals surface area contributed by atoms with Crippen molar-refractivity contribution in [3.63, 3.8) is 0 Å². The van der Waals surface area contributed by atoms with Crippen molar-refractivity contribution in [3.05, 3.63) is 40.7 Å². The van der Waals surface area contributed by atoms with Crippen LogP contribution < -0.4 is 0 Å². The average molecular weight is 264 g/mol. The topological polar surface area (TPSA) is 0 Å². The van der Waals surface area contributed by atoms with Gasteiger partial charge in [0.25, 0.3) is 0 Å². The fourth-order valence-corrected chi connectivity index (χ4v) is 1.40. The highest BCUT2D eigenvalue weighted by Crippen LogP contribution is 2.18. The first-order valence-electron chi connectivity index (χ1n) is 3.91. The zero-order valence-corrected chi connectivity index (χ0v) is 9.28. The van der Waals surface area contributed by atoms with Crippen LogP contribution in [0.4, 0.5) is 4.39 Å². The maximum absolute atomic E-state index is 12.6.